The number of carbonyl (C=O) groups is 1. The van der Waals surface area contributed by atoms with Crippen molar-refractivity contribution >= 4 is 34.6 Å². The molecule has 1 fully saturated rings. The van der Waals surface area contributed by atoms with Gasteiger partial charge in [0, 0.05) is 35.4 Å². The fraction of sp³-hybridized carbons (Fsp3) is 0.167. The number of hydrogen-bond donors (Lipinski definition) is 0. The summed E-state index contributed by atoms with van der Waals surface area (Å²) in [6, 6.07) is 22.5. The predicted octanol–water partition coefficient (Wildman–Crippen LogP) is 5.08. The van der Waals surface area contributed by atoms with Crippen molar-refractivity contribution in [1.29, 1.82) is 0 Å². The van der Waals surface area contributed by atoms with E-state index >= 15 is 0 Å². The molecular formula is C24H19N3O4S. The zero-order valence-electron chi connectivity index (χ0n) is 17.2. The number of ether oxygens (including phenoxy) is 1. The highest BCUT2D eigenvalue weighted by atomic mass is 32.1. The summed E-state index contributed by atoms with van der Waals surface area (Å²) in [5.74, 6) is 0.301. The first kappa shape index (κ1) is 20.1. The molecule has 3 aromatic rings. The third kappa shape index (κ3) is 3.11. The summed E-state index contributed by atoms with van der Waals surface area (Å²) >= 11 is 5.86. The van der Waals surface area contributed by atoms with Crippen LogP contribution < -0.4 is 9.64 Å². The summed E-state index contributed by atoms with van der Waals surface area (Å²) in [5.41, 5.74) is 0.934. The zero-order valence-corrected chi connectivity index (χ0v) is 18.0. The lowest BCUT2D eigenvalue weighted by molar-refractivity contribution is -0.384. The quantitative estimate of drug-likeness (QED) is 0.318. The molecule has 3 aromatic carbocycles. The zero-order chi connectivity index (χ0) is 22.5. The van der Waals surface area contributed by atoms with Gasteiger partial charge in [-0.1, -0.05) is 42.5 Å². The minimum atomic E-state index is -0.795. The second kappa shape index (κ2) is 7.42. The van der Waals surface area contributed by atoms with Gasteiger partial charge in [-0.2, -0.15) is 0 Å². The lowest BCUT2D eigenvalue weighted by Gasteiger charge is -2.55. The summed E-state index contributed by atoms with van der Waals surface area (Å²) in [7, 11) is 0. The van der Waals surface area contributed by atoms with Crippen molar-refractivity contribution in [2.75, 3.05) is 4.90 Å². The molecule has 7 nitrogen and oxygen atoms in total. The van der Waals surface area contributed by atoms with E-state index in [4.69, 9.17) is 17.0 Å². The smallest absolute Gasteiger partial charge is 0.270 e. The van der Waals surface area contributed by atoms with Gasteiger partial charge < -0.3 is 4.74 Å². The highest BCUT2D eigenvalue weighted by Crippen LogP contribution is 2.49. The lowest BCUT2D eigenvalue weighted by Crippen LogP contribution is -2.67. The van der Waals surface area contributed by atoms with E-state index in [9.17, 15) is 14.9 Å². The van der Waals surface area contributed by atoms with Crippen LogP contribution in [0.15, 0.2) is 78.9 Å². The van der Waals surface area contributed by atoms with Crippen LogP contribution in [0.1, 0.15) is 35.3 Å². The molecule has 2 atom stereocenters. The van der Waals surface area contributed by atoms with Gasteiger partial charge >= 0.3 is 0 Å². The van der Waals surface area contributed by atoms with Crippen LogP contribution in [0.4, 0.5) is 11.4 Å². The Labute approximate surface area is 190 Å². The van der Waals surface area contributed by atoms with Crippen LogP contribution in [0.2, 0.25) is 0 Å². The Morgan fingerprint density at radius 2 is 1.81 bits per heavy atom. The van der Waals surface area contributed by atoms with Crippen molar-refractivity contribution in [3.63, 3.8) is 0 Å². The number of non-ortho nitro benzene ring substituents is 1. The van der Waals surface area contributed by atoms with Gasteiger partial charge in [0.2, 0.25) is 0 Å². The number of rotatable bonds is 3. The Bertz CT molecular complexity index is 1250. The first-order valence-corrected chi connectivity index (χ1v) is 10.5. The first-order chi connectivity index (χ1) is 15.4. The molecule has 2 unspecified atom stereocenters. The third-order valence-electron chi connectivity index (χ3n) is 5.90. The average molecular weight is 446 g/mol. The van der Waals surface area contributed by atoms with Crippen LogP contribution >= 0.6 is 12.2 Å². The molecule has 8 heteroatoms. The average Bonchev–Trinajstić information content (AvgIpc) is 2.79. The predicted molar refractivity (Wildman–Crippen MR) is 124 cm³/mol. The molecule has 2 aliphatic rings. The van der Waals surface area contributed by atoms with Crippen LogP contribution in [-0.2, 0) is 0 Å². The number of hydrogen-bond acceptors (Lipinski definition) is 5. The minimum absolute atomic E-state index is 0.143. The highest BCUT2D eigenvalue weighted by Gasteiger charge is 2.53. The van der Waals surface area contributed by atoms with Crippen molar-refractivity contribution in [2.45, 2.75) is 25.1 Å². The van der Waals surface area contributed by atoms with Crippen molar-refractivity contribution in [1.82, 2.24) is 4.90 Å². The van der Waals surface area contributed by atoms with E-state index in [1.807, 2.05) is 66.4 Å². The van der Waals surface area contributed by atoms with Crippen LogP contribution in [0.3, 0.4) is 0 Å². The maximum atomic E-state index is 13.7. The molecule has 1 amide bonds. The summed E-state index contributed by atoms with van der Waals surface area (Å²) < 4.78 is 6.42. The number of nitrogens with zero attached hydrogens (tertiary/aromatic N) is 3. The number of benzene rings is 3. The van der Waals surface area contributed by atoms with Crippen molar-refractivity contribution < 1.29 is 14.5 Å². The van der Waals surface area contributed by atoms with E-state index < -0.39 is 10.6 Å². The highest BCUT2D eigenvalue weighted by molar-refractivity contribution is 7.80. The molecule has 2 heterocycles. The van der Waals surface area contributed by atoms with Gasteiger partial charge in [0.1, 0.15) is 5.75 Å². The Hall–Kier alpha value is -3.78. The lowest BCUT2D eigenvalue weighted by atomic mass is 9.88. The Kier molecular flexibility index (Phi) is 4.67. The monoisotopic (exact) mass is 445 g/mol. The van der Waals surface area contributed by atoms with Crippen LogP contribution in [-0.4, -0.2) is 26.6 Å². The molecular weight excluding hydrogens is 426 g/mol. The van der Waals surface area contributed by atoms with Gasteiger partial charge in [-0.25, -0.2) is 0 Å². The summed E-state index contributed by atoms with van der Waals surface area (Å²) in [4.78, 5) is 27.9. The molecule has 0 spiro atoms. The van der Waals surface area contributed by atoms with E-state index in [2.05, 4.69) is 0 Å². The number of fused-ring (bicyclic) bond motifs is 4. The molecule has 2 aliphatic heterocycles. The Morgan fingerprint density at radius 3 is 2.56 bits per heavy atom. The molecule has 0 saturated carbocycles. The Balaban J connectivity index is 1.66. The number of anilines is 1. The maximum absolute atomic E-state index is 13.7. The number of nitro groups is 1. The molecule has 0 aliphatic carbocycles. The molecule has 2 bridgehead atoms. The molecule has 160 valence electrons. The van der Waals surface area contributed by atoms with E-state index in [0.29, 0.717) is 17.3 Å². The van der Waals surface area contributed by atoms with E-state index in [1.165, 1.54) is 18.2 Å². The van der Waals surface area contributed by atoms with Crippen LogP contribution in [0.5, 0.6) is 5.75 Å². The van der Waals surface area contributed by atoms with Gasteiger partial charge in [0.25, 0.3) is 11.6 Å². The summed E-state index contributed by atoms with van der Waals surface area (Å²) in [6.07, 6.45) is 0.486. The van der Waals surface area contributed by atoms with E-state index in [1.54, 1.807) is 11.0 Å². The standard InChI is InChI=1S/C24H19N3O4S/c1-24-15-20(19-12-5-6-13-21(19)31-24)25(23(32)26(24)17-9-3-2-4-10-17)22(28)16-8-7-11-18(14-16)27(29)30/h2-14,20H,15H2,1H3. The Morgan fingerprint density at radius 1 is 1.09 bits per heavy atom. The van der Waals surface area contributed by atoms with E-state index in [-0.39, 0.29) is 23.2 Å². The molecule has 1 saturated heterocycles. The second-order valence-electron chi connectivity index (χ2n) is 7.97. The van der Waals surface area contributed by atoms with Gasteiger partial charge in [-0.05, 0) is 43.4 Å². The first-order valence-electron chi connectivity index (χ1n) is 10.1. The van der Waals surface area contributed by atoms with Gasteiger partial charge in [-0.15, -0.1) is 0 Å². The van der Waals surface area contributed by atoms with Gasteiger partial charge in [0.15, 0.2) is 10.8 Å². The number of amides is 1. The largest absolute Gasteiger partial charge is 0.467 e. The number of thiocarbonyl (C=S) groups is 1. The normalized spacial score (nSPS) is 21.5. The number of carbonyl (C=O) groups excluding carboxylic acids is 1. The van der Waals surface area contributed by atoms with Gasteiger partial charge in [-0.3, -0.25) is 24.7 Å². The number of nitro benzene ring substituents is 1. The van der Waals surface area contributed by atoms with Crippen molar-refractivity contribution in [3.8, 4) is 5.75 Å². The number of para-hydroxylation sites is 2. The van der Waals surface area contributed by atoms with Crippen LogP contribution in [0.25, 0.3) is 0 Å². The van der Waals surface area contributed by atoms with Crippen LogP contribution in [0, 0.1) is 10.1 Å². The second-order valence-corrected chi connectivity index (χ2v) is 8.34. The minimum Gasteiger partial charge on any atom is -0.467 e. The van der Waals surface area contributed by atoms with Crippen molar-refractivity contribution in [2.24, 2.45) is 0 Å². The summed E-state index contributed by atoms with van der Waals surface area (Å²) in [5, 5.41) is 11.6. The SMILES string of the molecule is CC12CC(c3ccccc3O1)N(C(=O)c1cccc([N+](=O)[O-])c1)C(=S)N2c1ccccc1. The maximum Gasteiger partial charge on any atom is 0.270 e. The van der Waals surface area contributed by atoms with Gasteiger partial charge in [0.05, 0.1) is 11.0 Å². The topological polar surface area (TPSA) is 75.9 Å². The molecule has 0 N–H and O–H groups in total. The molecule has 5 rings (SSSR count). The fourth-order valence-corrected chi connectivity index (χ4v) is 5.00. The van der Waals surface area contributed by atoms with E-state index in [0.717, 1.165) is 11.3 Å². The fourth-order valence-electron chi connectivity index (χ4n) is 4.49. The van der Waals surface area contributed by atoms with Crippen molar-refractivity contribution in [3.05, 3.63) is 100 Å². The molecule has 32 heavy (non-hydrogen) atoms. The third-order valence-corrected chi connectivity index (χ3v) is 6.28. The summed E-state index contributed by atoms with van der Waals surface area (Å²) in [6.45, 7) is 1.96. The molecule has 0 radical (unpaired) electrons. The molecule has 0 aromatic heterocycles.